The van der Waals surface area contributed by atoms with Crippen LogP contribution >= 0.6 is 0 Å². The van der Waals surface area contributed by atoms with E-state index in [1.165, 1.54) is 64.6 Å². The first-order valence-electron chi connectivity index (χ1n) is 15.1. The fourth-order valence-corrected chi connectivity index (χ4v) is 7.91. The number of benzene rings is 5. The van der Waals surface area contributed by atoms with Gasteiger partial charge in [-0.25, -0.2) is 30.4 Å². The molecule has 1 aliphatic heterocycles. The van der Waals surface area contributed by atoms with Crippen LogP contribution in [-0.4, -0.2) is 66.6 Å². The molecule has 0 aromatic heterocycles. The Hall–Kier alpha value is -4.90. The molecule has 1 heterocycles. The highest BCUT2D eigenvalue weighted by atomic mass is 32.2. The van der Waals surface area contributed by atoms with Gasteiger partial charge in [0.05, 0.1) is 15.9 Å². The van der Waals surface area contributed by atoms with Crippen LogP contribution in [0.5, 0.6) is 0 Å². The van der Waals surface area contributed by atoms with Crippen molar-refractivity contribution >= 4 is 58.2 Å². The van der Waals surface area contributed by atoms with Crippen molar-refractivity contribution in [3.63, 3.8) is 0 Å². The van der Waals surface area contributed by atoms with Crippen molar-refractivity contribution in [2.45, 2.75) is 14.7 Å². The maximum Gasteiger partial charge on any atom is 0.295 e. The van der Waals surface area contributed by atoms with Gasteiger partial charge in [0, 0.05) is 85.9 Å². The Labute approximate surface area is 290 Å². The summed E-state index contributed by atoms with van der Waals surface area (Å²) in [5.74, 6) is 0.393. The largest absolute Gasteiger partial charge is 0.456 e. The maximum absolute atomic E-state index is 12.5. The van der Waals surface area contributed by atoms with E-state index in [2.05, 4.69) is 10.3 Å². The Kier molecular flexibility index (Phi) is 9.15. The first-order valence-corrected chi connectivity index (χ1v) is 19.4. The third-order valence-corrected chi connectivity index (χ3v) is 12.6. The molecule has 4 aromatic carbocycles. The lowest BCUT2D eigenvalue weighted by atomic mass is 9.93. The molecule has 0 bridgehead atoms. The molecule has 50 heavy (non-hydrogen) atoms. The van der Waals surface area contributed by atoms with Gasteiger partial charge in [0.1, 0.15) is 16.2 Å². The van der Waals surface area contributed by atoms with E-state index in [1.807, 2.05) is 0 Å². The van der Waals surface area contributed by atoms with Crippen LogP contribution < -0.4 is 15.7 Å². The minimum absolute atomic E-state index is 0.147. The fraction of sp³-hybridized carbons (Fsp3) is 0.114. The van der Waals surface area contributed by atoms with Crippen LogP contribution in [0.1, 0.15) is 0 Å². The molecule has 0 fully saturated rings. The molecule has 6 rings (SSSR count). The van der Waals surface area contributed by atoms with E-state index in [-0.39, 0.29) is 20.2 Å². The Bertz CT molecular complexity index is 2620. The molecule has 0 saturated heterocycles. The summed E-state index contributed by atoms with van der Waals surface area (Å²) in [4.78, 5) is 3.28. The lowest BCUT2D eigenvalue weighted by Crippen LogP contribution is -2.70. The van der Waals surface area contributed by atoms with Crippen LogP contribution in [0.15, 0.2) is 128 Å². The Morgan fingerprint density at radius 2 is 1.22 bits per heavy atom. The SMILES string of the molecule is CN(C)S(=O)(=O)c1ccc(Nc2ccc3c(-c4ccccc4S(=O)(=O)O)c4ccc(=[NH+]c5ccc(S(=O)(=O)N(C)C)cc5)cc-4oc3c2)cc1. The zero-order chi connectivity index (χ0) is 36.0. The second-order valence-corrected chi connectivity index (χ2v) is 17.4. The zero-order valence-electron chi connectivity index (χ0n) is 27.3. The molecule has 15 heteroatoms. The van der Waals surface area contributed by atoms with Gasteiger partial charge in [-0.15, -0.1) is 0 Å². The van der Waals surface area contributed by atoms with Gasteiger partial charge in [-0.1, -0.05) is 18.2 Å². The van der Waals surface area contributed by atoms with Crippen molar-refractivity contribution in [3.8, 4) is 22.5 Å². The van der Waals surface area contributed by atoms with Gasteiger partial charge >= 0.3 is 0 Å². The lowest BCUT2D eigenvalue weighted by molar-refractivity contribution is -0.402. The minimum Gasteiger partial charge on any atom is -0.456 e. The number of anilines is 2. The molecule has 0 radical (unpaired) electrons. The highest BCUT2D eigenvalue weighted by molar-refractivity contribution is 7.89. The quantitative estimate of drug-likeness (QED) is 0.147. The van der Waals surface area contributed by atoms with Crippen LogP contribution in [0.2, 0.25) is 0 Å². The molecule has 12 nitrogen and oxygen atoms in total. The molecule has 258 valence electrons. The summed E-state index contributed by atoms with van der Waals surface area (Å²) in [5, 5.41) is 4.44. The van der Waals surface area contributed by atoms with Gasteiger partial charge in [0.15, 0.2) is 0 Å². The van der Waals surface area contributed by atoms with Gasteiger partial charge in [-0.05, 0) is 60.7 Å². The van der Waals surface area contributed by atoms with Crippen LogP contribution in [-0.2, 0) is 30.2 Å². The highest BCUT2D eigenvalue weighted by Crippen LogP contribution is 2.42. The molecule has 0 saturated carbocycles. The van der Waals surface area contributed by atoms with Gasteiger partial charge in [0.25, 0.3) is 10.1 Å². The average Bonchev–Trinajstić information content (AvgIpc) is 3.07. The molecule has 4 aromatic rings. The topological polar surface area (TPSA) is 168 Å². The Morgan fingerprint density at radius 3 is 1.82 bits per heavy atom. The van der Waals surface area contributed by atoms with E-state index in [0.717, 1.165) is 8.61 Å². The zero-order valence-corrected chi connectivity index (χ0v) is 29.8. The number of fused-ring (bicyclic) bond motifs is 2. The predicted molar refractivity (Wildman–Crippen MR) is 190 cm³/mol. The third kappa shape index (κ3) is 6.79. The lowest BCUT2D eigenvalue weighted by Gasteiger charge is -2.17. The number of hydrogen-bond acceptors (Lipinski definition) is 8. The number of sulfonamides is 2. The predicted octanol–water partition coefficient (Wildman–Crippen LogP) is 4.01. The van der Waals surface area contributed by atoms with Crippen molar-refractivity contribution < 1.29 is 39.2 Å². The summed E-state index contributed by atoms with van der Waals surface area (Å²) in [6, 6.07) is 29.3. The number of hydrogen-bond donors (Lipinski definition) is 3. The number of nitrogens with one attached hydrogen (secondary N) is 2. The summed E-state index contributed by atoms with van der Waals surface area (Å²) in [6.45, 7) is 0. The van der Waals surface area contributed by atoms with E-state index in [0.29, 0.717) is 50.3 Å². The summed E-state index contributed by atoms with van der Waals surface area (Å²) < 4.78 is 93.8. The first-order chi connectivity index (χ1) is 23.6. The molecule has 2 aliphatic rings. The minimum atomic E-state index is -4.60. The van der Waals surface area contributed by atoms with Crippen molar-refractivity contribution in [2.24, 2.45) is 0 Å². The van der Waals surface area contributed by atoms with Crippen LogP contribution in [0.4, 0.5) is 17.1 Å². The highest BCUT2D eigenvalue weighted by Gasteiger charge is 2.24. The fourth-order valence-electron chi connectivity index (χ4n) is 5.41. The average molecular weight is 734 g/mol. The van der Waals surface area contributed by atoms with Crippen molar-refractivity contribution in [3.05, 3.63) is 115 Å². The van der Waals surface area contributed by atoms with Gasteiger partial charge in [-0.2, -0.15) is 8.42 Å². The molecule has 0 unspecified atom stereocenters. The van der Waals surface area contributed by atoms with Crippen LogP contribution in [0.25, 0.3) is 33.4 Å². The van der Waals surface area contributed by atoms with E-state index >= 15 is 0 Å². The second kappa shape index (κ2) is 13.1. The van der Waals surface area contributed by atoms with Crippen molar-refractivity contribution in [1.82, 2.24) is 8.61 Å². The van der Waals surface area contributed by atoms with Crippen LogP contribution in [0, 0.1) is 0 Å². The Balaban J connectivity index is 1.49. The summed E-state index contributed by atoms with van der Waals surface area (Å²) >= 11 is 0. The maximum atomic E-state index is 12.5. The standard InChI is InChI=1S/C35H32N4O8S3/c1-38(2)48(40,41)27-15-9-23(10-16-27)36-25-13-19-29-32(21-25)47-33-22-26(37-24-11-17-28(18-12-24)49(42,43)39(3)4)14-20-30(33)35(29)31-7-5-6-8-34(31)50(44,45)46/h5-22,36H,1-4H3,(H,44,45,46)/p+1. The summed E-state index contributed by atoms with van der Waals surface area (Å²) in [7, 11) is -5.95. The molecule has 1 aliphatic carbocycles. The molecule has 0 atom stereocenters. The summed E-state index contributed by atoms with van der Waals surface area (Å²) in [5.41, 5.74) is 3.61. The molecule has 3 N–H and O–H groups in total. The number of nitrogens with zero attached hydrogens (tertiary/aromatic N) is 2. The van der Waals surface area contributed by atoms with E-state index in [1.54, 1.807) is 72.8 Å². The van der Waals surface area contributed by atoms with Gasteiger partial charge in [-0.3, -0.25) is 4.55 Å². The van der Waals surface area contributed by atoms with E-state index < -0.39 is 30.2 Å². The van der Waals surface area contributed by atoms with Gasteiger partial charge < -0.3 is 9.73 Å². The Morgan fingerprint density at radius 1 is 0.640 bits per heavy atom. The summed E-state index contributed by atoms with van der Waals surface area (Å²) in [6.07, 6.45) is 0. The number of rotatable bonds is 9. The van der Waals surface area contributed by atoms with Crippen LogP contribution in [0.3, 0.4) is 0 Å². The molecule has 0 spiro atoms. The van der Waals surface area contributed by atoms with Crippen molar-refractivity contribution in [2.75, 3.05) is 33.5 Å². The van der Waals surface area contributed by atoms with Gasteiger partial charge in [0.2, 0.25) is 31.1 Å². The molecular weight excluding hydrogens is 701 g/mol. The monoisotopic (exact) mass is 733 g/mol. The second-order valence-electron chi connectivity index (χ2n) is 11.7. The smallest absolute Gasteiger partial charge is 0.295 e. The molecule has 0 amide bonds. The van der Waals surface area contributed by atoms with Crippen molar-refractivity contribution in [1.29, 1.82) is 0 Å². The normalized spacial score (nSPS) is 13.1. The third-order valence-electron chi connectivity index (χ3n) is 8.00. The van der Waals surface area contributed by atoms with E-state index in [9.17, 15) is 29.8 Å². The molecular formula is C35H33N4O8S3+. The van der Waals surface area contributed by atoms with E-state index in [4.69, 9.17) is 4.42 Å². The first kappa shape index (κ1) is 34.9.